The van der Waals surface area contributed by atoms with Crippen molar-refractivity contribution in [2.45, 2.75) is 44.9 Å². The maximum atomic E-state index is 13.7. The predicted molar refractivity (Wildman–Crippen MR) is 127 cm³/mol. The molecule has 2 aromatic heterocycles. The Balaban J connectivity index is 1.78. The first-order chi connectivity index (χ1) is 16.1. The van der Waals surface area contributed by atoms with Gasteiger partial charge in [0.1, 0.15) is 5.82 Å². The number of piperidine rings is 1. The van der Waals surface area contributed by atoms with Crippen LogP contribution in [0, 0.1) is 0 Å². The van der Waals surface area contributed by atoms with Crippen LogP contribution in [0.15, 0.2) is 35.4 Å². The lowest BCUT2D eigenvalue weighted by Crippen LogP contribution is -2.36. The van der Waals surface area contributed by atoms with Crippen LogP contribution in [0.4, 0.5) is 0 Å². The molecule has 0 saturated carbocycles. The van der Waals surface area contributed by atoms with Gasteiger partial charge in [-0.25, -0.2) is 4.98 Å². The van der Waals surface area contributed by atoms with Crippen LogP contribution in [-0.4, -0.2) is 47.7 Å². The molecule has 1 amide bonds. The lowest BCUT2D eigenvalue weighted by Gasteiger charge is -2.27. The fourth-order valence-electron chi connectivity index (χ4n) is 5.11. The molecule has 7 nitrogen and oxygen atoms in total. The number of hydrogen-bond donors (Lipinski definition) is 0. The van der Waals surface area contributed by atoms with Gasteiger partial charge in [-0.2, -0.15) is 0 Å². The van der Waals surface area contributed by atoms with Gasteiger partial charge in [-0.05, 0) is 74.3 Å². The third-order valence-electron chi connectivity index (χ3n) is 6.88. The first kappa shape index (κ1) is 21.5. The molecule has 172 valence electrons. The van der Waals surface area contributed by atoms with Crippen molar-refractivity contribution in [3.05, 3.63) is 57.6 Å². The molecule has 3 aromatic rings. The van der Waals surface area contributed by atoms with Gasteiger partial charge in [0.05, 0.1) is 25.2 Å². The molecule has 2 aliphatic rings. The van der Waals surface area contributed by atoms with Crippen LogP contribution in [0.2, 0.25) is 0 Å². The number of benzene rings is 1. The first-order valence-corrected chi connectivity index (χ1v) is 11.7. The number of likely N-dealkylation sites (tertiary alicyclic amines) is 1. The number of aromatic nitrogens is 2. The lowest BCUT2D eigenvalue weighted by atomic mass is 9.92. The molecule has 33 heavy (non-hydrogen) atoms. The van der Waals surface area contributed by atoms with Gasteiger partial charge < -0.3 is 14.4 Å². The van der Waals surface area contributed by atoms with Gasteiger partial charge in [0, 0.05) is 30.9 Å². The number of carbonyl (C=O) groups excluding carboxylic acids is 1. The highest BCUT2D eigenvalue weighted by Gasteiger charge is 2.25. The molecule has 1 fully saturated rings. The lowest BCUT2D eigenvalue weighted by molar-refractivity contribution is 0.0725. The van der Waals surface area contributed by atoms with E-state index in [2.05, 4.69) is 4.98 Å². The quantitative estimate of drug-likeness (QED) is 0.606. The molecule has 7 heteroatoms. The van der Waals surface area contributed by atoms with Crippen LogP contribution in [0.25, 0.3) is 16.6 Å². The molecule has 1 aromatic carbocycles. The van der Waals surface area contributed by atoms with E-state index in [0.29, 0.717) is 33.7 Å². The van der Waals surface area contributed by atoms with Crippen molar-refractivity contribution in [3.63, 3.8) is 0 Å². The second kappa shape index (κ2) is 8.89. The third kappa shape index (κ3) is 3.75. The summed E-state index contributed by atoms with van der Waals surface area (Å²) < 4.78 is 12.5. The van der Waals surface area contributed by atoms with Crippen LogP contribution in [0.1, 0.15) is 53.6 Å². The minimum absolute atomic E-state index is 0.0644. The summed E-state index contributed by atoms with van der Waals surface area (Å²) in [5, 5.41) is 1.000. The average molecular weight is 448 g/mol. The summed E-state index contributed by atoms with van der Waals surface area (Å²) in [7, 11) is 3.09. The van der Waals surface area contributed by atoms with Gasteiger partial charge >= 0.3 is 0 Å². The molecule has 1 saturated heterocycles. The Morgan fingerprint density at radius 1 is 0.939 bits per heavy atom. The molecular formula is C26H29N3O4. The van der Waals surface area contributed by atoms with E-state index < -0.39 is 0 Å². The number of methoxy groups -OCH3 is 2. The number of carbonyl (C=O) groups is 1. The topological polar surface area (TPSA) is 73.7 Å². The molecule has 3 heterocycles. The number of hydrogen-bond acceptors (Lipinski definition) is 5. The number of ether oxygens (including phenoxy) is 2. The Kier molecular flexibility index (Phi) is 5.79. The summed E-state index contributed by atoms with van der Waals surface area (Å²) in [4.78, 5) is 33.9. The largest absolute Gasteiger partial charge is 0.493 e. The van der Waals surface area contributed by atoms with Crippen molar-refractivity contribution in [2.24, 2.45) is 0 Å². The van der Waals surface area contributed by atoms with Gasteiger partial charge in [-0.3, -0.25) is 14.2 Å². The zero-order valence-corrected chi connectivity index (χ0v) is 19.2. The molecule has 1 aliphatic heterocycles. The van der Waals surface area contributed by atoms with Crippen molar-refractivity contribution in [1.29, 1.82) is 0 Å². The Labute approximate surface area is 192 Å². The van der Waals surface area contributed by atoms with Crippen LogP contribution < -0.4 is 15.0 Å². The van der Waals surface area contributed by atoms with Gasteiger partial charge in [-0.15, -0.1) is 0 Å². The maximum absolute atomic E-state index is 13.7. The number of aryl methyl sites for hydroxylation is 1. The van der Waals surface area contributed by atoms with E-state index >= 15 is 0 Å². The van der Waals surface area contributed by atoms with Crippen molar-refractivity contribution < 1.29 is 14.3 Å². The van der Waals surface area contributed by atoms with Crippen LogP contribution >= 0.6 is 0 Å². The summed E-state index contributed by atoms with van der Waals surface area (Å²) >= 11 is 0. The van der Waals surface area contributed by atoms with Crippen molar-refractivity contribution in [3.8, 4) is 17.3 Å². The van der Waals surface area contributed by atoms with Crippen LogP contribution in [0.3, 0.4) is 0 Å². The Bertz CT molecular complexity index is 1270. The Morgan fingerprint density at radius 3 is 2.36 bits per heavy atom. The molecule has 0 atom stereocenters. The van der Waals surface area contributed by atoms with Crippen molar-refractivity contribution in [2.75, 3.05) is 27.3 Å². The SMILES string of the molecule is COc1cc2c(C(=O)N3CCCCC3)cn(-c3nccc4c3CCCC4)c(=O)c2cc1OC. The molecule has 0 radical (unpaired) electrons. The summed E-state index contributed by atoms with van der Waals surface area (Å²) in [6, 6.07) is 5.46. The number of fused-ring (bicyclic) bond motifs is 2. The summed E-state index contributed by atoms with van der Waals surface area (Å²) in [5.41, 5.74) is 2.60. The van der Waals surface area contributed by atoms with Crippen molar-refractivity contribution in [1.82, 2.24) is 14.5 Å². The zero-order chi connectivity index (χ0) is 22.9. The van der Waals surface area contributed by atoms with E-state index in [-0.39, 0.29) is 11.5 Å². The van der Waals surface area contributed by atoms with Crippen molar-refractivity contribution >= 4 is 16.7 Å². The average Bonchev–Trinajstić information content (AvgIpc) is 2.88. The van der Waals surface area contributed by atoms with E-state index in [4.69, 9.17) is 9.47 Å². The smallest absolute Gasteiger partial charge is 0.264 e. The minimum Gasteiger partial charge on any atom is -0.493 e. The predicted octanol–water partition coefficient (Wildman–Crippen LogP) is 3.91. The van der Waals surface area contributed by atoms with E-state index in [1.165, 1.54) is 5.56 Å². The Hall–Kier alpha value is -3.35. The van der Waals surface area contributed by atoms with E-state index in [9.17, 15) is 9.59 Å². The van der Waals surface area contributed by atoms with Gasteiger partial charge in [0.2, 0.25) is 0 Å². The summed E-state index contributed by atoms with van der Waals surface area (Å²) in [6.07, 6.45) is 10.6. The fraction of sp³-hybridized carbons (Fsp3) is 0.423. The van der Waals surface area contributed by atoms with Gasteiger partial charge in [0.15, 0.2) is 11.5 Å². The highest BCUT2D eigenvalue weighted by atomic mass is 16.5. The molecule has 5 rings (SSSR count). The van der Waals surface area contributed by atoms with Gasteiger partial charge in [0.25, 0.3) is 11.5 Å². The summed E-state index contributed by atoms with van der Waals surface area (Å²) in [5.74, 6) is 1.51. The van der Waals surface area contributed by atoms with Crippen LogP contribution in [0.5, 0.6) is 11.5 Å². The van der Waals surface area contributed by atoms with E-state index in [0.717, 1.165) is 63.6 Å². The zero-order valence-electron chi connectivity index (χ0n) is 19.2. The third-order valence-corrected chi connectivity index (χ3v) is 6.88. The summed E-state index contributed by atoms with van der Waals surface area (Å²) in [6.45, 7) is 1.46. The molecule has 0 spiro atoms. The van der Waals surface area contributed by atoms with Crippen LogP contribution in [-0.2, 0) is 12.8 Å². The highest BCUT2D eigenvalue weighted by Crippen LogP contribution is 2.34. The normalized spacial score (nSPS) is 15.9. The monoisotopic (exact) mass is 447 g/mol. The molecule has 0 unspecified atom stereocenters. The second-order valence-corrected chi connectivity index (χ2v) is 8.80. The molecule has 0 N–H and O–H groups in total. The molecular weight excluding hydrogens is 418 g/mol. The Morgan fingerprint density at radius 2 is 1.64 bits per heavy atom. The minimum atomic E-state index is -0.215. The second-order valence-electron chi connectivity index (χ2n) is 8.80. The number of amides is 1. The number of pyridine rings is 2. The fourth-order valence-corrected chi connectivity index (χ4v) is 5.11. The number of rotatable bonds is 4. The molecule has 0 bridgehead atoms. The molecule has 1 aliphatic carbocycles. The standard InChI is InChI=1S/C26H29N3O4/c1-32-22-14-19-20(15-23(22)33-2)26(31)29(16-21(19)25(30)28-12-6-3-7-13-28)24-18-9-5-4-8-17(18)10-11-27-24/h10-11,14-16H,3-9,12-13H2,1-2H3. The number of nitrogens with zero attached hydrogens (tertiary/aromatic N) is 3. The van der Waals surface area contributed by atoms with E-state index in [1.54, 1.807) is 43.3 Å². The van der Waals surface area contributed by atoms with E-state index in [1.807, 2.05) is 11.0 Å². The highest BCUT2D eigenvalue weighted by molar-refractivity contribution is 6.07. The maximum Gasteiger partial charge on any atom is 0.264 e. The van der Waals surface area contributed by atoms with Gasteiger partial charge in [-0.1, -0.05) is 0 Å². The first-order valence-electron chi connectivity index (χ1n) is 11.7.